The molecule has 1 aliphatic heterocycles. The second kappa shape index (κ2) is 9.21. The summed E-state index contributed by atoms with van der Waals surface area (Å²) in [5.74, 6) is -1.98. The Labute approximate surface area is 202 Å². The minimum atomic E-state index is -0.943. The number of ether oxygens (including phenoxy) is 3. The molecule has 0 amide bonds. The maximum absolute atomic E-state index is 15.7. The van der Waals surface area contributed by atoms with Crippen LogP contribution in [0.15, 0.2) is 54.6 Å². The Balaban J connectivity index is 1.41. The molecule has 0 spiro atoms. The van der Waals surface area contributed by atoms with Crippen molar-refractivity contribution in [3.05, 3.63) is 77.4 Å². The summed E-state index contributed by atoms with van der Waals surface area (Å²) in [6.45, 7) is 1.81. The summed E-state index contributed by atoms with van der Waals surface area (Å²) in [7, 11) is 1.53. The topological polar surface area (TPSA) is 65.0 Å². The molecule has 1 N–H and O–H groups in total. The molecule has 3 atom stereocenters. The summed E-state index contributed by atoms with van der Waals surface area (Å²) < 4.78 is 47.0. The van der Waals surface area contributed by atoms with Gasteiger partial charge in [0, 0.05) is 11.5 Å². The van der Waals surface area contributed by atoms with Gasteiger partial charge in [-0.25, -0.2) is 8.78 Å². The molecule has 1 aliphatic carbocycles. The Bertz CT molecular complexity index is 1250. The van der Waals surface area contributed by atoms with Gasteiger partial charge in [0.25, 0.3) is 0 Å². The second-order valence-electron chi connectivity index (χ2n) is 9.17. The van der Waals surface area contributed by atoms with Crippen LogP contribution < -0.4 is 14.2 Å². The van der Waals surface area contributed by atoms with Gasteiger partial charge in [0.15, 0.2) is 23.4 Å². The number of carboxylic acid groups (broad SMARTS) is 1. The molecule has 7 heteroatoms. The molecule has 0 aromatic heterocycles. The minimum Gasteiger partial charge on any atom is -0.497 e. The van der Waals surface area contributed by atoms with Crippen LogP contribution in [0.1, 0.15) is 42.9 Å². The summed E-state index contributed by atoms with van der Waals surface area (Å²) in [6, 6.07) is 15.0. The molecule has 1 saturated carbocycles. The molecular formula is C28H26F2O5. The van der Waals surface area contributed by atoms with Crippen molar-refractivity contribution in [2.24, 2.45) is 11.8 Å². The number of benzene rings is 3. The maximum Gasteiger partial charge on any atom is 0.306 e. The Morgan fingerprint density at radius 2 is 1.83 bits per heavy atom. The minimum absolute atomic E-state index is 0.00454. The van der Waals surface area contributed by atoms with Gasteiger partial charge < -0.3 is 19.3 Å². The highest BCUT2D eigenvalue weighted by Crippen LogP contribution is 2.50. The summed E-state index contributed by atoms with van der Waals surface area (Å²) in [5.41, 5.74) is 2.20. The standard InChI is InChI=1S/C28H26F2O5/c1-15(28(31)32)25(18-7-8-18)20-10-12-23-27(26(20)30)35-24(14-34-23)17-5-3-16(4-6-17)21-13-19(33-2)9-11-22(21)29/h3-6,9-13,15,18,24-25H,7-8,14H2,1-2H3,(H,31,32). The molecule has 2 aliphatic rings. The van der Waals surface area contributed by atoms with E-state index in [1.54, 1.807) is 55.5 Å². The fraction of sp³-hybridized carbons (Fsp3) is 0.321. The van der Waals surface area contributed by atoms with Gasteiger partial charge in [-0.2, -0.15) is 0 Å². The zero-order valence-corrected chi connectivity index (χ0v) is 19.5. The number of halogens is 2. The number of fused-ring (bicyclic) bond motifs is 1. The molecule has 3 aromatic rings. The zero-order valence-electron chi connectivity index (χ0n) is 19.5. The SMILES string of the molecule is COc1ccc(F)c(-c2ccc(C3COc4ccc(C(C5CC5)C(C)C(=O)O)c(F)c4O3)cc2)c1. The van der Waals surface area contributed by atoms with E-state index in [1.807, 2.05) is 0 Å². The molecule has 5 nitrogen and oxygen atoms in total. The van der Waals surface area contributed by atoms with E-state index in [9.17, 15) is 14.3 Å². The smallest absolute Gasteiger partial charge is 0.306 e. The van der Waals surface area contributed by atoms with Crippen LogP contribution >= 0.6 is 0 Å². The van der Waals surface area contributed by atoms with Crippen molar-refractivity contribution >= 4 is 5.97 Å². The quantitative estimate of drug-likeness (QED) is 0.426. The number of hydrogen-bond acceptors (Lipinski definition) is 4. The van der Waals surface area contributed by atoms with Crippen LogP contribution in [0.25, 0.3) is 11.1 Å². The molecule has 0 saturated heterocycles. The van der Waals surface area contributed by atoms with Crippen LogP contribution in [0.2, 0.25) is 0 Å². The van der Waals surface area contributed by atoms with Gasteiger partial charge in [-0.3, -0.25) is 4.79 Å². The molecule has 0 radical (unpaired) electrons. The summed E-state index contributed by atoms with van der Waals surface area (Å²) in [4.78, 5) is 11.7. The first-order valence-electron chi connectivity index (χ1n) is 11.7. The van der Waals surface area contributed by atoms with Crippen LogP contribution in [-0.2, 0) is 4.79 Å². The number of carbonyl (C=O) groups is 1. The lowest BCUT2D eigenvalue weighted by atomic mass is 9.83. The lowest BCUT2D eigenvalue weighted by Crippen LogP contribution is -2.25. The van der Waals surface area contributed by atoms with Crippen LogP contribution in [0.4, 0.5) is 8.78 Å². The van der Waals surface area contributed by atoms with Gasteiger partial charge in [0.1, 0.15) is 18.2 Å². The number of rotatable bonds is 7. The average molecular weight is 481 g/mol. The van der Waals surface area contributed by atoms with E-state index in [1.165, 1.54) is 13.2 Å². The normalized spacial score (nSPS) is 18.6. The lowest BCUT2D eigenvalue weighted by molar-refractivity contribution is -0.142. The molecule has 35 heavy (non-hydrogen) atoms. The Morgan fingerprint density at radius 3 is 2.49 bits per heavy atom. The third kappa shape index (κ3) is 4.43. The van der Waals surface area contributed by atoms with Gasteiger partial charge in [0.05, 0.1) is 13.0 Å². The van der Waals surface area contributed by atoms with Crippen LogP contribution in [-0.4, -0.2) is 24.8 Å². The van der Waals surface area contributed by atoms with Crippen molar-refractivity contribution in [3.63, 3.8) is 0 Å². The van der Waals surface area contributed by atoms with E-state index >= 15 is 4.39 Å². The van der Waals surface area contributed by atoms with Gasteiger partial charge >= 0.3 is 5.97 Å². The monoisotopic (exact) mass is 480 g/mol. The second-order valence-corrected chi connectivity index (χ2v) is 9.17. The van der Waals surface area contributed by atoms with E-state index < -0.39 is 29.7 Å². The fourth-order valence-electron chi connectivity index (χ4n) is 4.81. The lowest BCUT2D eigenvalue weighted by Gasteiger charge is -2.29. The molecule has 0 bridgehead atoms. The van der Waals surface area contributed by atoms with Crippen molar-refractivity contribution in [1.29, 1.82) is 0 Å². The Hall–Kier alpha value is -3.61. The predicted octanol–water partition coefficient (Wildman–Crippen LogP) is 6.37. The fourth-order valence-corrected chi connectivity index (χ4v) is 4.81. The number of aliphatic carboxylic acids is 1. The first kappa shape index (κ1) is 23.1. The van der Waals surface area contributed by atoms with E-state index in [0.717, 1.165) is 18.4 Å². The highest BCUT2D eigenvalue weighted by molar-refractivity contribution is 5.71. The highest BCUT2D eigenvalue weighted by Gasteiger charge is 2.41. The van der Waals surface area contributed by atoms with E-state index in [0.29, 0.717) is 28.2 Å². The van der Waals surface area contributed by atoms with E-state index in [2.05, 4.69) is 0 Å². The predicted molar refractivity (Wildman–Crippen MR) is 126 cm³/mol. The molecule has 3 unspecified atom stereocenters. The number of methoxy groups -OCH3 is 1. The highest BCUT2D eigenvalue weighted by atomic mass is 19.1. The molecule has 1 fully saturated rings. The van der Waals surface area contributed by atoms with E-state index in [4.69, 9.17) is 14.2 Å². The largest absolute Gasteiger partial charge is 0.497 e. The van der Waals surface area contributed by atoms with Crippen molar-refractivity contribution in [2.45, 2.75) is 31.8 Å². The van der Waals surface area contributed by atoms with Gasteiger partial charge in [-0.05, 0) is 59.7 Å². The summed E-state index contributed by atoms with van der Waals surface area (Å²) >= 11 is 0. The Kier molecular flexibility index (Phi) is 6.09. The number of carboxylic acids is 1. The zero-order chi connectivity index (χ0) is 24.7. The molecular weight excluding hydrogens is 454 g/mol. The van der Waals surface area contributed by atoms with Gasteiger partial charge in [0.2, 0.25) is 0 Å². The molecule has 5 rings (SSSR count). The molecule has 1 heterocycles. The maximum atomic E-state index is 15.7. The van der Waals surface area contributed by atoms with Crippen molar-refractivity contribution < 1.29 is 32.9 Å². The summed E-state index contributed by atoms with van der Waals surface area (Å²) in [6.07, 6.45) is 1.21. The first-order valence-corrected chi connectivity index (χ1v) is 11.7. The van der Waals surface area contributed by atoms with Gasteiger partial charge in [-0.15, -0.1) is 0 Å². The van der Waals surface area contributed by atoms with Crippen molar-refractivity contribution in [3.8, 4) is 28.4 Å². The van der Waals surface area contributed by atoms with Crippen molar-refractivity contribution in [1.82, 2.24) is 0 Å². The molecule has 3 aromatic carbocycles. The summed E-state index contributed by atoms with van der Waals surface area (Å²) in [5, 5.41) is 9.55. The first-order chi connectivity index (χ1) is 16.9. The van der Waals surface area contributed by atoms with Crippen LogP contribution in [0, 0.1) is 23.5 Å². The van der Waals surface area contributed by atoms with Crippen LogP contribution in [0.3, 0.4) is 0 Å². The third-order valence-electron chi connectivity index (χ3n) is 6.93. The van der Waals surface area contributed by atoms with Crippen LogP contribution in [0.5, 0.6) is 17.2 Å². The number of hydrogen-bond donors (Lipinski definition) is 1. The van der Waals surface area contributed by atoms with E-state index in [-0.39, 0.29) is 24.1 Å². The molecule has 182 valence electrons. The van der Waals surface area contributed by atoms with Gasteiger partial charge in [-0.1, -0.05) is 37.3 Å². The Morgan fingerprint density at radius 1 is 1.09 bits per heavy atom. The third-order valence-corrected chi connectivity index (χ3v) is 6.93. The van der Waals surface area contributed by atoms with Crippen molar-refractivity contribution in [2.75, 3.05) is 13.7 Å². The average Bonchev–Trinajstić information content (AvgIpc) is 3.71.